The Hall–Kier alpha value is -2.74. The van der Waals surface area contributed by atoms with E-state index >= 15 is 0 Å². The smallest absolute Gasteiger partial charge is 0.180 e. The van der Waals surface area contributed by atoms with Gasteiger partial charge in [0.25, 0.3) is 0 Å². The van der Waals surface area contributed by atoms with Crippen LogP contribution in [0.3, 0.4) is 0 Å². The lowest BCUT2D eigenvalue weighted by molar-refractivity contribution is 0.167. The zero-order chi connectivity index (χ0) is 19.1. The molecule has 0 aromatic carbocycles. The number of pyridine rings is 1. The van der Waals surface area contributed by atoms with Crippen molar-refractivity contribution < 1.29 is 9.47 Å². The molecule has 2 aliphatic heterocycles. The molecule has 5 rings (SSSR count). The van der Waals surface area contributed by atoms with E-state index in [0.717, 1.165) is 73.2 Å². The van der Waals surface area contributed by atoms with Crippen LogP contribution in [0.4, 0.5) is 5.82 Å². The van der Waals surface area contributed by atoms with Crippen molar-refractivity contribution in [1.82, 2.24) is 24.8 Å². The molecule has 1 atom stereocenters. The third kappa shape index (κ3) is 3.07. The van der Waals surface area contributed by atoms with Crippen LogP contribution < -0.4 is 9.64 Å². The molecule has 3 aromatic heterocycles. The summed E-state index contributed by atoms with van der Waals surface area (Å²) < 4.78 is 13.2. The van der Waals surface area contributed by atoms with Gasteiger partial charge in [-0.25, -0.2) is 0 Å². The summed E-state index contributed by atoms with van der Waals surface area (Å²) in [6.45, 7) is 8.16. The Morgan fingerprint density at radius 2 is 2.21 bits per heavy atom. The highest BCUT2D eigenvalue weighted by Crippen LogP contribution is 2.29. The van der Waals surface area contributed by atoms with Gasteiger partial charge in [-0.15, -0.1) is 15.3 Å². The van der Waals surface area contributed by atoms with Gasteiger partial charge in [0, 0.05) is 48.9 Å². The first kappa shape index (κ1) is 17.4. The molecular formula is C20H24N6O2. The lowest BCUT2D eigenvalue weighted by Gasteiger charge is -2.30. The summed E-state index contributed by atoms with van der Waals surface area (Å²) in [5, 5.41) is 12.9. The lowest BCUT2D eigenvalue weighted by Crippen LogP contribution is -2.32. The topological polar surface area (TPSA) is 77.7 Å². The maximum absolute atomic E-state index is 5.99. The third-order valence-electron chi connectivity index (χ3n) is 5.79. The van der Waals surface area contributed by atoms with Gasteiger partial charge in [0.15, 0.2) is 11.5 Å². The molecule has 3 aromatic rings. The van der Waals surface area contributed by atoms with Gasteiger partial charge in [0.2, 0.25) is 0 Å². The highest BCUT2D eigenvalue weighted by atomic mass is 16.5. The van der Waals surface area contributed by atoms with E-state index in [2.05, 4.69) is 40.0 Å². The highest BCUT2D eigenvalue weighted by molar-refractivity contribution is 5.59. The zero-order valence-electron chi connectivity index (χ0n) is 16.3. The van der Waals surface area contributed by atoms with Gasteiger partial charge in [0.1, 0.15) is 12.1 Å². The van der Waals surface area contributed by atoms with Gasteiger partial charge in [-0.2, -0.15) is 4.52 Å². The fraction of sp³-hybridized carbons (Fsp3) is 0.500. The Morgan fingerprint density at radius 3 is 3.07 bits per heavy atom. The van der Waals surface area contributed by atoms with Crippen molar-refractivity contribution in [3.63, 3.8) is 0 Å². The molecule has 0 bridgehead atoms. The van der Waals surface area contributed by atoms with Crippen LogP contribution >= 0.6 is 0 Å². The molecule has 5 heterocycles. The summed E-state index contributed by atoms with van der Waals surface area (Å²) in [4.78, 5) is 6.95. The van der Waals surface area contributed by atoms with E-state index in [0.29, 0.717) is 12.5 Å². The van der Waals surface area contributed by atoms with Crippen LogP contribution in [-0.4, -0.2) is 51.2 Å². The van der Waals surface area contributed by atoms with Gasteiger partial charge < -0.3 is 14.4 Å². The molecule has 1 saturated heterocycles. The van der Waals surface area contributed by atoms with Gasteiger partial charge in [0.05, 0.1) is 19.4 Å². The first-order chi connectivity index (χ1) is 13.7. The summed E-state index contributed by atoms with van der Waals surface area (Å²) in [5.74, 6) is 2.30. The largest absolute Gasteiger partial charge is 0.492 e. The van der Waals surface area contributed by atoms with Crippen molar-refractivity contribution in [1.29, 1.82) is 0 Å². The first-order valence-electron chi connectivity index (χ1n) is 9.79. The molecule has 0 amide bonds. The Balaban J connectivity index is 1.38. The number of rotatable bonds is 4. The molecule has 8 nitrogen and oxygen atoms in total. The second-order valence-corrected chi connectivity index (χ2v) is 7.66. The third-order valence-corrected chi connectivity index (χ3v) is 5.79. The predicted octanol–water partition coefficient (Wildman–Crippen LogP) is 2.11. The molecular weight excluding hydrogens is 356 g/mol. The summed E-state index contributed by atoms with van der Waals surface area (Å²) in [6, 6.07) is 2.13. The van der Waals surface area contributed by atoms with Crippen molar-refractivity contribution >= 4 is 11.5 Å². The zero-order valence-corrected chi connectivity index (χ0v) is 16.3. The minimum atomic E-state index is 0.484. The van der Waals surface area contributed by atoms with Crippen LogP contribution in [0.1, 0.15) is 28.8 Å². The molecule has 0 aliphatic carbocycles. The van der Waals surface area contributed by atoms with Crippen LogP contribution in [0, 0.1) is 19.8 Å². The number of fused-ring (bicyclic) bond motifs is 2. The second kappa shape index (κ2) is 7.01. The number of nitrogens with zero attached hydrogens (tertiary/aromatic N) is 6. The monoisotopic (exact) mass is 380 g/mol. The van der Waals surface area contributed by atoms with Crippen molar-refractivity contribution in [2.75, 3.05) is 31.3 Å². The number of anilines is 1. The Bertz CT molecular complexity index is 1010. The minimum absolute atomic E-state index is 0.484. The van der Waals surface area contributed by atoms with E-state index in [-0.39, 0.29) is 0 Å². The normalized spacial score (nSPS) is 19.2. The Kier molecular flexibility index (Phi) is 4.35. The molecule has 1 fully saturated rings. The standard InChI is InChI=1S/C20H24N6O2/c1-13-14(2)20(24-26-12-22-23-19(13)26)25-5-3-18-16(9-25)7-17(8-21-18)28-11-15-4-6-27-10-15/h7-8,12,15H,3-6,9-11H2,1-2H3. The summed E-state index contributed by atoms with van der Waals surface area (Å²) in [5.41, 5.74) is 5.42. The van der Waals surface area contributed by atoms with Crippen molar-refractivity contribution in [2.45, 2.75) is 33.2 Å². The molecule has 146 valence electrons. The van der Waals surface area contributed by atoms with Crippen molar-refractivity contribution in [3.8, 4) is 5.75 Å². The molecule has 28 heavy (non-hydrogen) atoms. The van der Waals surface area contributed by atoms with Gasteiger partial charge in [-0.1, -0.05) is 0 Å². The average Bonchev–Trinajstić information content (AvgIpc) is 3.40. The molecule has 0 saturated carbocycles. The fourth-order valence-electron chi connectivity index (χ4n) is 3.96. The van der Waals surface area contributed by atoms with Crippen LogP contribution in [0.2, 0.25) is 0 Å². The minimum Gasteiger partial charge on any atom is -0.492 e. The number of ether oxygens (including phenoxy) is 2. The highest BCUT2D eigenvalue weighted by Gasteiger charge is 2.23. The van der Waals surface area contributed by atoms with Crippen LogP contribution in [-0.2, 0) is 17.7 Å². The molecule has 8 heteroatoms. The molecule has 0 radical (unpaired) electrons. The number of aromatic nitrogens is 5. The van der Waals surface area contributed by atoms with E-state index in [1.54, 1.807) is 10.8 Å². The van der Waals surface area contributed by atoms with Crippen LogP contribution in [0.15, 0.2) is 18.6 Å². The fourth-order valence-corrected chi connectivity index (χ4v) is 3.96. The number of hydrogen-bond donors (Lipinski definition) is 0. The molecule has 1 unspecified atom stereocenters. The quantitative estimate of drug-likeness (QED) is 0.686. The van der Waals surface area contributed by atoms with Crippen LogP contribution in [0.5, 0.6) is 5.75 Å². The van der Waals surface area contributed by atoms with E-state index in [1.165, 1.54) is 5.56 Å². The Morgan fingerprint density at radius 1 is 1.29 bits per heavy atom. The summed E-state index contributed by atoms with van der Waals surface area (Å²) in [7, 11) is 0. The molecule has 0 N–H and O–H groups in total. The van der Waals surface area contributed by atoms with Gasteiger partial charge in [-0.05, 0) is 31.9 Å². The first-order valence-corrected chi connectivity index (χ1v) is 9.79. The SMILES string of the molecule is Cc1c(N2CCc3ncc(OCC4CCOC4)cc3C2)nn2cnnc2c1C. The summed E-state index contributed by atoms with van der Waals surface area (Å²) >= 11 is 0. The Labute approximate surface area is 163 Å². The van der Waals surface area contributed by atoms with Crippen LogP contribution in [0.25, 0.3) is 5.65 Å². The van der Waals surface area contributed by atoms with Gasteiger partial charge in [-0.3, -0.25) is 4.98 Å². The van der Waals surface area contributed by atoms with E-state index in [4.69, 9.17) is 14.6 Å². The lowest BCUT2D eigenvalue weighted by atomic mass is 10.0. The summed E-state index contributed by atoms with van der Waals surface area (Å²) in [6.07, 6.45) is 5.47. The molecule has 0 spiro atoms. The number of hydrogen-bond acceptors (Lipinski definition) is 7. The van der Waals surface area contributed by atoms with Crippen molar-refractivity contribution in [3.05, 3.63) is 41.0 Å². The van der Waals surface area contributed by atoms with E-state index in [1.807, 2.05) is 6.20 Å². The van der Waals surface area contributed by atoms with Gasteiger partial charge >= 0.3 is 0 Å². The van der Waals surface area contributed by atoms with Crippen molar-refractivity contribution in [2.24, 2.45) is 5.92 Å². The predicted molar refractivity (Wildman–Crippen MR) is 104 cm³/mol. The second-order valence-electron chi connectivity index (χ2n) is 7.66. The molecule has 2 aliphatic rings. The maximum atomic E-state index is 5.99. The average molecular weight is 380 g/mol. The van der Waals surface area contributed by atoms with E-state index < -0.39 is 0 Å². The number of aryl methyl sites for hydroxylation is 1. The van der Waals surface area contributed by atoms with E-state index in [9.17, 15) is 0 Å². The maximum Gasteiger partial charge on any atom is 0.180 e.